The minimum Gasteiger partial charge on any atom is -0.444 e. The van der Waals surface area contributed by atoms with Crippen LogP contribution in [0.2, 0.25) is 0 Å². The molecule has 2 heterocycles. The molecule has 9 rings (SSSR count). The molecule has 0 radical (unpaired) electrons. The zero-order valence-corrected chi connectivity index (χ0v) is 58.7. The van der Waals surface area contributed by atoms with Crippen LogP contribution in [0.15, 0.2) is 121 Å². The molecule has 516 valence electrons. The van der Waals surface area contributed by atoms with E-state index in [1.165, 1.54) is 34.4 Å². The summed E-state index contributed by atoms with van der Waals surface area (Å²) in [5, 5.41) is 12.6. The van der Waals surface area contributed by atoms with Gasteiger partial charge in [0.25, 0.3) is 5.91 Å². The van der Waals surface area contributed by atoms with E-state index in [2.05, 4.69) is 33.4 Å². The van der Waals surface area contributed by atoms with Crippen LogP contribution in [0.1, 0.15) is 187 Å². The highest BCUT2D eigenvalue weighted by molar-refractivity contribution is 5.97. The summed E-state index contributed by atoms with van der Waals surface area (Å²) >= 11 is 0. The third kappa shape index (κ3) is 18.3. The predicted molar refractivity (Wildman–Crippen MR) is 373 cm³/mol. The largest absolute Gasteiger partial charge is 0.444 e. The van der Waals surface area contributed by atoms with E-state index in [1.807, 2.05) is 130 Å². The molecule has 8 amide bonds. The van der Waals surface area contributed by atoms with Crippen molar-refractivity contribution in [2.24, 2.45) is 11.3 Å². The van der Waals surface area contributed by atoms with Crippen molar-refractivity contribution in [2.75, 3.05) is 20.6 Å². The first kappa shape index (κ1) is 72.1. The maximum atomic E-state index is 15.3. The lowest BCUT2D eigenvalue weighted by Crippen LogP contribution is -2.60. The Bertz CT molecular complexity index is 3750. The van der Waals surface area contributed by atoms with Crippen molar-refractivity contribution < 1.29 is 52.6 Å². The Morgan fingerprint density at radius 2 is 1.05 bits per heavy atom. The number of carbonyl (C=O) groups is 9. The molecule has 4 aliphatic rings. The summed E-state index contributed by atoms with van der Waals surface area (Å²) in [5.74, 6) is -3.63. The van der Waals surface area contributed by atoms with Crippen LogP contribution < -0.4 is 21.3 Å². The number of fused-ring (bicyclic) bond motifs is 3. The van der Waals surface area contributed by atoms with E-state index in [1.54, 1.807) is 72.4 Å². The van der Waals surface area contributed by atoms with Crippen LogP contribution >= 0.6 is 0 Å². The Morgan fingerprint density at radius 3 is 1.58 bits per heavy atom. The standard InChI is InChI=1S/C78H98N8O11/c1-48(83(12)74(94)96-77(6,7)8)67(87)45-61(76(3,4)5)72(92)86-47-58(44-66(86)71(91)81-63-31-21-27-54-23-17-19-29-60(54)63)79-69(89)55-40-38-51(39-41-55)33-32-50-34-36-52(37-35-50)42-64(82-68(88)49(2)84(13)75(95)97-78(9,10)11)73(93)85-46-57-25-15-14-24-56(57)43-65(85)70(90)80-62-30-20-26-53-22-16-18-28-59(53)62/h14-19,22-25,28-29,32-41,48-49,58,61-66H,20-21,26-27,30-31,42-47H2,1-13H3,(H,79,89)(H,80,90)(H,81,91)(H,82,88)/b33-32+/t48-,49-,58?,61+,62+,63+,64-,65?,66?/m0/s1. The molecule has 2 aliphatic carbocycles. The lowest BCUT2D eigenvalue weighted by atomic mass is 9.76. The van der Waals surface area contributed by atoms with Crippen molar-refractivity contribution in [2.45, 2.75) is 206 Å². The summed E-state index contributed by atoms with van der Waals surface area (Å²) in [4.78, 5) is 134. The molecule has 0 aromatic heterocycles. The van der Waals surface area contributed by atoms with Crippen LogP contribution in [-0.2, 0) is 70.5 Å². The Labute approximate surface area is 571 Å². The van der Waals surface area contributed by atoms with Gasteiger partial charge in [-0.25, -0.2) is 9.59 Å². The van der Waals surface area contributed by atoms with Crippen LogP contribution in [0.3, 0.4) is 0 Å². The summed E-state index contributed by atoms with van der Waals surface area (Å²) < 4.78 is 11.1. The smallest absolute Gasteiger partial charge is 0.410 e. The number of amides is 8. The highest BCUT2D eigenvalue weighted by Gasteiger charge is 2.47. The van der Waals surface area contributed by atoms with Crippen molar-refractivity contribution in [3.8, 4) is 0 Å². The summed E-state index contributed by atoms with van der Waals surface area (Å²) in [7, 11) is 2.97. The van der Waals surface area contributed by atoms with E-state index in [4.69, 9.17) is 9.47 Å². The molecule has 3 unspecified atom stereocenters. The third-order valence-corrected chi connectivity index (χ3v) is 19.2. The topological polar surface area (TPSA) is 233 Å². The molecule has 0 spiro atoms. The number of likely N-dealkylation sites (tertiary alicyclic amines) is 1. The van der Waals surface area contributed by atoms with Gasteiger partial charge in [-0.15, -0.1) is 0 Å². The molecule has 2 aliphatic heterocycles. The van der Waals surface area contributed by atoms with E-state index in [9.17, 15) is 33.6 Å². The van der Waals surface area contributed by atoms with Crippen molar-refractivity contribution >= 4 is 65.6 Å². The number of rotatable bonds is 19. The van der Waals surface area contributed by atoms with Gasteiger partial charge in [0.2, 0.25) is 29.5 Å². The fraction of sp³-hybridized carbons (Fsp3) is 0.474. The number of benzene rings is 5. The average molecular weight is 1320 g/mol. The van der Waals surface area contributed by atoms with Crippen molar-refractivity contribution in [3.63, 3.8) is 0 Å². The Kier molecular flexibility index (Phi) is 22.7. The fourth-order valence-corrected chi connectivity index (χ4v) is 13.4. The summed E-state index contributed by atoms with van der Waals surface area (Å²) in [6, 6.07) is 32.5. The second-order valence-electron chi connectivity index (χ2n) is 29.8. The van der Waals surface area contributed by atoms with Gasteiger partial charge in [0, 0.05) is 64.0 Å². The van der Waals surface area contributed by atoms with E-state index >= 15 is 9.59 Å². The Hall–Kier alpha value is -9.13. The molecule has 5 aromatic rings. The molecule has 9 atom stereocenters. The molecule has 0 bridgehead atoms. The number of likely N-dealkylation sites (N-methyl/N-ethyl adjacent to an activating group) is 2. The van der Waals surface area contributed by atoms with Crippen LogP contribution in [0.4, 0.5) is 9.59 Å². The monoisotopic (exact) mass is 1320 g/mol. The van der Waals surface area contributed by atoms with Crippen LogP contribution in [-0.4, -0.2) is 141 Å². The van der Waals surface area contributed by atoms with Gasteiger partial charge in [0.1, 0.15) is 35.4 Å². The van der Waals surface area contributed by atoms with Gasteiger partial charge in [-0.2, -0.15) is 0 Å². The molecular formula is C78H98N8O11. The van der Waals surface area contributed by atoms with Crippen LogP contribution in [0.5, 0.6) is 0 Å². The van der Waals surface area contributed by atoms with Gasteiger partial charge in [-0.05, 0) is 168 Å². The molecule has 97 heavy (non-hydrogen) atoms. The molecular weight excluding hydrogens is 1220 g/mol. The molecule has 1 fully saturated rings. The number of nitrogens with one attached hydrogen (secondary N) is 4. The van der Waals surface area contributed by atoms with E-state index in [-0.39, 0.29) is 74.4 Å². The Morgan fingerprint density at radius 1 is 0.567 bits per heavy atom. The van der Waals surface area contributed by atoms with Gasteiger partial charge in [-0.3, -0.25) is 38.5 Å². The number of ether oxygens (including phenoxy) is 2. The van der Waals surface area contributed by atoms with Gasteiger partial charge < -0.3 is 45.4 Å². The van der Waals surface area contributed by atoms with Crippen molar-refractivity contribution in [3.05, 3.63) is 177 Å². The van der Waals surface area contributed by atoms with Crippen molar-refractivity contribution in [1.29, 1.82) is 0 Å². The SMILES string of the molecule is C[C@@H](C(=O)C[C@H](C(=O)N1CC(NC(=O)c2ccc(/C=C/c3ccc(C[C@H](NC(=O)[C@H](C)N(C)C(=O)OC(C)(C)C)C(=O)N4Cc5ccccc5CC4C(=O)N[C@@H]4CCCc5ccccc54)cc3)cc2)CC1C(=O)N[C@@H]1CCCc2ccccc21)C(C)(C)C)N(C)C(=O)OC(C)(C)C. The van der Waals surface area contributed by atoms with E-state index in [0.717, 1.165) is 83.0 Å². The lowest BCUT2D eigenvalue weighted by molar-refractivity contribution is -0.146. The zero-order valence-electron chi connectivity index (χ0n) is 58.7. The fourth-order valence-electron chi connectivity index (χ4n) is 13.4. The minimum atomic E-state index is -1.14. The van der Waals surface area contributed by atoms with Gasteiger partial charge in [0.05, 0.1) is 18.1 Å². The normalized spacial score (nSPS) is 19.7. The van der Waals surface area contributed by atoms with Gasteiger partial charge >= 0.3 is 12.2 Å². The molecule has 5 aromatic carbocycles. The summed E-state index contributed by atoms with van der Waals surface area (Å²) in [5.41, 5.74) is 6.71. The number of nitrogens with zero attached hydrogens (tertiary/aromatic N) is 4. The number of ketones is 1. The molecule has 19 nitrogen and oxygen atoms in total. The number of carbonyl (C=O) groups excluding carboxylic acids is 9. The van der Waals surface area contributed by atoms with E-state index in [0.29, 0.717) is 5.56 Å². The van der Waals surface area contributed by atoms with E-state index < -0.39 is 88.7 Å². The second kappa shape index (κ2) is 30.5. The first-order chi connectivity index (χ1) is 45.8. The van der Waals surface area contributed by atoms with Gasteiger partial charge in [0.15, 0.2) is 5.78 Å². The number of hydrogen-bond donors (Lipinski definition) is 4. The first-order valence-electron chi connectivity index (χ1n) is 34.2. The third-order valence-electron chi connectivity index (χ3n) is 19.2. The predicted octanol–water partition coefficient (Wildman–Crippen LogP) is 11.1. The molecule has 0 saturated carbocycles. The quantitative estimate of drug-likeness (QED) is 0.0568. The number of Topliss-reactive ketones (excluding diaryl/α,β-unsaturated/α-hetero) is 1. The second-order valence-corrected chi connectivity index (χ2v) is 29.8. The maximum absolute atomic E-state index is 15.3. The molecule has 1 saturated heterocycles. The summed E-state index contributed by atoms with van der Waals surface area (Å²) in [6.45, 7) is 19.4. The Balaban J connectivity index is 0.893. The highest BCUT2D eigenvalue weighted by atomic mass is 16.6. The van der Waals surface area contributed by atoms with Gasteiger partial charge in [-0.1, -0.05) is 142 Å². The maximum Gasteiger partial charge on any atom is 0.410 e. The molecule has 4 N–H and O–H groups in total. The first-order valence-corrected chi connectivity index (χ1v) is 34.2. The number of hydrogen-bond acceptors (Lipinski definition) is 11. The van der Waals surface area contributed by atoms with Crippen molar-refractivity contribution in [1.82, 2.24) is 40.9 Å². The zero-order chi connectivity index (χ0) is 70.3. The average Bonchev–Trinajstić information content (AvgIpc) is 1.65. The van der Waals surface area contributed by atoms with Crippen LogP contribution in [0, 0.1) is 11.3 Å². The summed E-state index contributed by atoms with van der Waals surface area (Å²) in [6.07, 6.45) is 7.85. The molecule has 19 heteroatoms. The van der Waals surface area contributed by atoms with Crippen LogP contribution in [0.25, 0.3) is 12.2 Å². The highest BCUT2D eigenvalue weighted by Crippen LogP contribution is 2.37. The number of aryl methyl sites for hydroxylation is 2. The minimum absolute atomic E-state index is 0.0269. The lowest BCUT2D eigenvalue weighted by Gasteiger charge is -2.39.